The summed E-state index contributed by atoms with van der Waals surface area (Å²) in [6.07, 6.45) is -1.82. The molecule has 1 aliphatic rings. The second-order valence-electron chi connectivity index (χ2n) is 8.13. The molecule has 3 rings (SSSR count). The molecule has 0 bridgehead atoms. The Balaban J connectivity index is 1.58. The molecule has 1 aromatic heterocycles. The maximum atomic E-state index is 12.4. The van der Waals surface area contributed by atoms with Gasteiger partial charge in [-0.25, -0.2) is 4.98 Å². The quantitative estimate of drug-likeness (QED) is 0.324. The molecule has 0 spiro atoms. The van der Waals surface area contributed by atoms with Crippen molar-refractivity contribution in [2.75, 3.05) is 17.2 Å². The molecule has 1 amide bonds. The van der Waals surface area contributed by atoms with Crippen molar-refractivity contribution in [2.24, 2.45) is 5.92 Å². The van der Waals surface area contributed by atoms with Gasteiger partial charge in [-0.05, 0) is 55.7 Å². The van der Waals surface area contributed by atoms with Crippen LogP contribution in [0, 0.1) is 23.0 Å². The van der Waals surface area contributed by atoms with Gasteiger partial charge >= 0.3 is 17.8 Å². The molecule has 1 aliphatic carbocycles. The third-order valence-electron chi connectivity index (χ3n) is 5.78. The molecule has 0 atom stereocenters. The van der Waals surface area contributed by atoms with Gasteiger partial charge in [0.25, 0.3) is 0 Å². The first-order chi connectivity index (χ1) is 16.0. The number of nitro groups is 1. The predicted octanol–water partition coefficient (Wildman–Crippen LogP) is 4.72. The fraction of sp³-hybridized carbons (Fsp3) is 0.476. The number of anilines is 2. The minimum atomic E-state index is -4.90. The summed E-state index contributed by atoms with van der Waals surface area (Å²) >= 11 is 3.48. The number of hydrogen-bond acceptors (Lipinski definition) is 7. The van der Waals surface area contributed by atoms with E-state index >= 15 is 0 Å². The number of carbonyl (C=O) groups excluding carboxylic acids is 1. The van der Waals surface area contributed by atoms with Crippen LogP contribution in [0.5, 0.6) is 0 Å². The van der Waals surface area contributed by atoms with E-state index in [1.165, 1.54) is 0 Å². The molecule has 1 heterocycles. The van der Waals surface area contributed by atoms with Crippen LogP contribution in [-0.4, -0.2) is 39.6 Å². The molecule has 2 aromatic rings. The minimum absolute atomic E-state index is 0.0703. The third-order valence-corrected chi connectivity index (χ3v) is 6.64. The van der Waals surface area contributed by atoms with E-state index in [-0.39, 0.29) is 23.4 Å². The van der Waals surface area contributed by atoms with E-state index in [4.69, 9.17) is 0 Å². The normalized spacial score (nSPS) is 18.3. The molecule has 9 nitrogen and oxygen atoms in total. The molecule has 0 aliphatic heterocycles. The number of halogens is 4. The number of alkyl halides is 3. The van der Waals surface area contributed by atoms with Crippen molar-refractivity contribution in [2.45, 2.75) is 51.4 Å². The zero-order valence-corrected chi connectivity index (χ0v) is 19.9. The van der Waals surface area contributed by atoms with Crippen molar-refractivity contribution in [1.82, 2.24) is 15.3 Å². The molecule has 1 saturated carbocycles. The van der Waals surface area contributed by atoms with Crippen molar-refractivity contribution in [3.63, 3.8) is 0 Å². The van der Waals surface area contributed by atoms with Gasteiger partial charge in [0, 0.05) is 23.6 Å². The van der Waals surface area contributed by atoms with Crippen molar-refractivity contribution in [3.8, 4) is 0 Å². The van der Waals surface area contributed by atoms with E-state index in [9.17, 15) is 28.1 Å². The number of amides is 1. The van der Waals surface area contributed by atoms with E-state index in [1.807, 2.05) is 30.4 Å². The monoisotopic (exact) mass is 544 g/mol. The van der Waals surface area contributed by atoms with E-state index in [2.05, 4.69) is 36.5 Å². The van der Waals surface area contributed by atoms with Crippen molar-refractivity contribution in [1.29, 1.82) is 0 Å². The molecule has 184 valence electrons. The Labute approximate surface area is 202 Å². The standard InChI is InChI=1S/C21H24BrF3N6O3/c1-12-14(3-2-4-16(12)22)10-27-20-28-11-17(31(33)34)18(30-20)26-9-13-5-7-15(8-6-13)29-19(32)21(23,24)25/h2-4,11,13,15H,5-10H2,1H3,(H,29,32)(H2,26,27,28,30)/t13-,15-. The first kappa shape index (κ1) is 25.7. The summed E-state index contributed by atoms with van der Waals surface area (Å²) in [7, 11) is 0. The number of nitrogens with one attached hydrogen (secondary N) is 3. The van der Waals surface area contributed by atoms with Gasteiger partial charge in [-0.2, -0.15) is 18.2 Å². The summed E-state index contributed by atoms with van der Waals surface area (Å²) in [6.45, 7) is 2.76. The molecule has 3 N–H and O–H groups in total. The summed E-state index contributed by atoms with van der Waals surface area (Å²) in [5, 5.41) is 19.5. The lowest BCUT2D eigenvalue weighted by molar-refractivity contribution is -0.384. The SMILES string of the molecule is Cc1c(Br)cccc1CNc1ncc([N+](=O)[O-])c(NC[C@H]2CC[C@H](NC(=O)C(F)(F)F)CC2)n1. The van der Waals surface area contributed by atoms with Crippen LogP contribution in [0.3, 0.4) is 0 Å². The van der Waals surface area contributed by atoms with Gasteiger partial charge in [0.2, 0.25) is 11.8 Å². The van der Waals surface area contributed by atoms with Crippen LogP contribution in [-0.2, 0) is 11.3 Å². The number of hydrogen-bond donors (Lipinski definition) is 3. The maximum Gasteiger partial charge on any atom is 0.471 e. The minimum Gasteiger partial charge on any atom is -0.364 e. The molecule has 13 heteroatoms. The van der Waals surface area contributed by atoms with Crippen LogP contribution in [0.1, 0.15) is 36.8 Å². The van der Waals surface area contributed by atoms with Gasteiger partial charge in [-0.3, -0.25) is 14.9 Å². The highest BCUT2D eigenvalue weighted by molar-refractivity contribution is 9.10. The zero-order chi connectivity index (χ0) is 24.9. The van der Waals surface area contributed by atoms with E-state index in [0.29, 0.717) is 38.8 Å². The summed E-state index contributed by atoms with van der Waals surface area (Å²) < 4.78 is 38.2. The first-order valence-electron chi connectivity index (χ1n) is 10.7. The second-order valence-corrected chi connectivity index (χ2v) is 8.99. The molecule has 0 radical (unpaired) electrons. The Hall–Kier alpha value is -2.96. The maximum absolute atomic E-state index is 12.4. The highest BCUT2D eigenvalue weighted by Gasteiger charge is 2.40. The molecular formula is C21H24BrF3N6O3. The predicted molar refractivity (Wildman–Crippen MR) is 123 cm³/mol. The number of nitrogens with zero attached hydrogens (tertiary/aromatic N) is 3. The molecular weight excluding hydrogens is 521 g/mol. The third kappa shape index (κ3) is 6.78. The Morgan fingerprint density at radius 1 is 1.24 bits per heavy atom. The Bertz CT molecular complexity index is 1040. The van der Waals surface area contributed by atoms with Crippen LogP contribution >= 0.6 is 15.9 Å². The number of benzene rings is 1. The fourth-order valence-electron chi connectivity index (χ4n) is 3.76. The Morgan fingerprint density at radius 2 is 1.94 bits per heavy atom. The van der Waals surface area contributed by atoms with Crippen LogP contribution in [0.25, 0.3) is 0 Å². The molecule has 34 heavy (non-hydrogen) atoms. The summed E-state index contributed by atoms with van der Waals surface area (Å²) in [5.41, 5.74) is 1.80. The topological polar surface area (TPSA) is 122 Å². The second kappa shape index (κ2) is 11.0. The Kier molecular flexibility index (Phi) is 8.28. The van der Waals surface area contributed by atoms with Gasteiger partial charge in [0.1, 0.15) is 6.20 Å². The number of aromatic nitrogens is 2. The summed E-state index contributed by atoms with van der Waals surface area (Å²) in [5.74, 6) is -1.55. The van der Waals surface area contributed by atoms with E-state index < -0.39 is 23.0 Å². The highest BCUT2D eigenvalue weighted by Crippen LogP contribution is 2.28. The molecule has 0 saturated heterocycles. The lowest BCUT2D eigenvalue weighted by Crippen LogP contribution is -2.44. The number of rotatable bonds is 8. The lowest BCUT2D eigenvalue weighted by atomic mass is 9.86. The average molecular weight is 545 g/mol. The Morgan fingerprint density at radius 3 is 2.59 bits per heavy atom. The van der Waals surface area contributed by atoms with Gasteiger partial charge in [-0.15, -0.1) is 0 Å². The van der Waals surface area contributed by atoms with Crippen LogP contribution in [0.4, 0.5) is 30.6 Å². The van der Waals surface area contributed by atoms with E-state index in [0.717, 1.165) is 21.8 Å². The van der Waals surface area contributed by atoms with Gasteiger partial charge in [-0.1, -0.05) is 28.1 Å². The molecule has 0 unspecified atom stereocenters. The van der Waals surface area contributed by atoms with Crippen LogP contribution < -0.4 is 16.0 Å². The van der Waals surface area contributed by atoms with Gasteiger partial charge in [0.05, 0.1) is 4.92 Å². The van der Waals surface area contributed by atoms with Crippen LogP contribution in [0.15, 0.2) is 28.9 Å². The van der Waals surface area contributed by atoms with Gasteiger partial charge < -0.3 is 16.0 Å². The molecule has 1 aromatic carbocycles. The largest absolute Gasteiger partial charge is 0.471 e. The smallest absolute Gasteiger partial charge is 0.364 e. The first-order valence-corrected chi connectivity index (χ1v) is 11.4. The van der Waals surface area contributed by atoms with E-state index in [1.54, 1.807) is 0 Å². The van der Waals surface area contributed by atoms with Gasteiger partial charge in [0.15, 0.2) is 0 Å². The summed E-state index contributed by atoms with van der Waals surface area (Å²) in [4.78, 5) is 30.2. The highest BCUT2D eigenvalue weighted by atomic mass is 79.9. The van der Waals surface area contributed by atoms with Crippen molar-refractivity contribution in [3.05, 3.63) is 50.1 Å². The van der Waals surface area contributed by atoms with Crippen molar-refractivity contribution >= 4 is 39.3 Å². The lowest BCUT2D eigenvalue weighted by Gasteiger charge is -2.29. The zero-order valence-electron chi connectivity index (χ0n) is 18.3. The fourth-order valence-corrected chi connectivity index (χ4v) is 4.17. The van der Waals surface area contributed by atoms with Crippen molar-refractivity contribution < 1.29 is 22.9 Å². The summed E-state index contributed by atoms with van der Waals surface area (Å²) in [6, 6.07) is 5.25. The number of carbonyl (C=O) groups is 1. The van der Waals surface area contributed by atoms with Crippen LogP contribution in [0.2, 0.25) is 0 Å². The molecule has 1 fully saturated rings. The average Bonchev–Trinajstić information content (AvgIpc) is 2.79.